The molecule has 0 bridgehead atoms. The highest BCUT2D eigenvalue weighted by atomic mass is 32.2. The average molecular weight is 312 g/mol. The molecule has 1 aliphatic rings. The van der Waals surface area contributed by atoms with Crippen molar-refractivity contribution in [2.45, 2.75) is 36.5 Å². The van der Waals surface area contributed by atoms with Crippen molar-refractivity contribution < 1.29 is 21.6 Å². The Balaban J connectivity index is 2.22. The Bertz CT molecular complexity index is 569. The molecule has 1 unspecified atom stereocenters. The van der Waals surface area contributed by atoms with Gasteiger partial charge in [-0.25, -0.2) is 8.42 Å². The Labute approximate surface area is 114 Å². The molecule has 0 amide bonds. The van der Waals surface area contributed by atoms with E-state index in [2.05, 4.69) is 5.10 Å². The van der Waals surface area contributed by atoms with E-state index in [1.165, 1.54) is 4.31 Å². The van der Waals surface area contributed by atoms with Crippen LogP contribution in [0.15, 0.2) is 17.3 Å². The summed E-state index contributed by atoms with van der Waals surface area (Å²) in [6.45, 7) is -0.798. The van der Waals surface area contributed by atoms with Crippen molar-refractivity contribution in [1.29, 1.82) is 0 Å². The predicted octanol–water partition coefficient (Wildman–Crippen LogP) is 0.557. The molecule has 0 aliphatic carbocycles. The lowest BCUT2D eigenvalue weighted by atomic mass is 10.2. The largest absolute Gasteiger partial charge is 0.408 e. The molecule has 0 spiro atoms. The van der Waals surface area contributed by atoms with E-state index < -0.39 is 22.7 Å². The molecule has 2 rings (SSSR count). The molecular weight excluding hydrogens is 297 g/mol. The summed E-state index contributed by atoms with van der Waals surface area (Å²) in [6.07, 6.45) is -1.26. The van der Waals surface area contributed by atoms with Gasteiger partial charge in [-0.3, -0.25) is 4.68 Å². The highest BCUT2D eigenvalue weighted by Gasteiger charge is 2.36. The fourth-order valence-corrected chi connectivity index (χ4v) is 3.90. The summed E-state index contributed by atoms with van der Waals surface area (Å²) in [5.74, 6) is 0. The molecule has 0 saturated carbocycles. The first-order valence-corrected chi connectivity index (χ1v) is 7.49. The van der Waals surface area contributed by atoms with Crippen molar-refractivity contribution in [1.82, 2.24) is 14.1 Å². The van der Waals surface area contributed by atoms with Gasteiger partial charge in [0.25, 0.3) is 0 Å². The Morgan fingerprint density at radius 1 is 1.45 bits per heavy atom. The van der Waals surface area contributed by atoms with Gasteiger partial charge in [0, 0.05) is 25.3 Å². The van der Waals surface area contributed by atoms with Crippen LogP contribution in [0.3, 0.4) is 0 Å². The molecule has 1 atom stereocenters. The second-order valence-corrected chi connectivity index (χ2v) is 6.53. The van der Waals surface area contributed by atoms with Gasteiger partial charge in [-0.05, 0) is 12.8 Å². The van der Waals surface area contributed by atoms with Crippen LogP contribution in [0.25, 0.3) is 0 Å². The number of aromatic nitrogens is 2. The van der Waals surface area contributed by atoms with E-state index in [4.69, 9.17) is 5.73 Å². The summed E-state index contributed by atoms with van der Waals surface area (Å²) in [7, 11) is -3.83. The third kappa shape index (κ3) is 3.13. The quantitative estimate of drug-likeness (QED) is 0.881. The molecular formula is C10H15F3N4O2S. The maximum absolute atomic E-state index is 12.3. The van der Waals surface area contributed by atoms with Crippen LogP contribution in [0, 0.1) is 0 Å². The maximum atomic E-state index is 12.3. The Morgan fingerprint density at radius 2 is 2.15 bits per heavy atom. The normalized spacial score (nSPS) is 21.5. The number of alkyl halides is 3. The highest BCUT2D eigenvalue weighted by molar-refractivity contribution is 7.89. The van der Waals surface area contributed by atoms with Gasteiger partial charge in [0.05, 0.1) is 6.20 Å². The minimum absolute atomic E-state index is 0.190. The van der Waals surface area contributed by atoms with E-state index in [0.29, 0.717) is 24.1 Å². The van der Waals surface area contributed by atoms with Crippen molar-refractivity contribution in [3.05, 3.63) is 12.4 Å². The van der Waals surface area contributed by atoms with Gasteiger partial charge in [-0.1, -0.05) is 0 Å². The molecule has 20 heavy (non-hydrogen) atoms. The van der Waals surface area contributed by atoms with E-state index in [1.807, 2.05) is 0 Å². The first-order chi connectivity index (χ1) is 9.24. The third-order valence-electron chi connectivity index (χ3n) is 3.15. The summed E-state index contributed by atoms with van der Waals surface area (Å²) in [4.78, 5) is -0.234. The molecule has 114 valence electrons. The van der Waals surface area contributed by atoms with E-state index in [1.54, 1.807) is 0 Å². The molecule has 1 aliphatic heterocycles. The molecule has 2 N–H and O–H groups in total. The maximum Gasteiger partial charge on any atom is 0.408 e. The lowest BCUT2D eigenvalue weighted by Crippen LogP contribution is -2.39. The zero-order valence-electron chi connectivity index (χ0n) is 10.5. The Kier molecular flexibility index (Phi) is 4.07. The number of nitrogens with zero attached hydrogens (tertiary/aromatic N) is 3. The monoisotopic (exact) mass is 312 g/mol. The Hall–Kier alpha value is -1.13. The molecule has 1 saturated heterocycles. The van der Waals surface area contributed by atoms with Crippen molar-refractivity contribution in [3.63, 3.8) is 0 Å². The first-order valence-electron chi connectivity index (χ1n) is 6.05. The van der Waals surface area contributed by atoms with Crippen LogP contribution in [-0.4, -0.2) is 47.8 Å². The fraction of sp³-hybridized carbons (Fsp3) is 0.700. The van der Waals surface area contributed by atoms with Gasteiger partial charge < -0.3 is 5.73 Å². The zero-order chi connectivity index (χ0) is 15.0. The number of nitrogens with two attached hydrogens (primary N) is 1. The smallest absolute Gasteiger partial charge is 0.329 e. The van der Waals surface area contributed by atoms with E-state index in [-0.39, 0.29) is 17.5 Å². The molecule has 0 radical (unpaired) electrons. The van der Waals surface area contributed by atoms with Gasteiger partial charge in [-0.2, -0.15) is 22.6 Å². The molecule has 2 heterocycles. The SMILES string of the molecule is NCC1CCCN1S(=O)(=O)c1cnn(CC(F)(F)F)c1. The molecule has 1 aromatic rings. The van der Waals surface area contributed by atoms with Crippen molar-refractivity contribution in [2.75, 3.05) is 13.1 Å². The van der Waals surface area contributed by atoms with Crippen molar-refractivity contribution in [2.24, 2.45) is 5.73 Å². The number of sulfonamides is 1. The highest BCUT2D eigenvalue weighted by Crippen LogP contribution is 2.26. The molecule has 0 aromatic carbocycles. The van der Waals surface area contributed by atoms with Gasteiger partial charge in [0.2, 0.25) is 10.0 Å². The summed E-state index contributed by atoms with van der Waals surface area (Å²) in [6, 6.07) is -0.300. The van der Waals surface area contributed by atoms with E-state index >= 15 is 0 Å². The van der Waals surface area contributed by atoms with Crippen LogP contribution in [0.1, 0.15) is 12.8 Å². The van der Waals surface area contributed by atoms with Crippen LogP contribution in [0.5, 0.6) is 0 Å². The number of hydrogen-bond acceptors (Lipinski definition) is 4. The molecule has 6 nitrogen and oxygen atoms in total. The van der Waals surface area contributed by atoms with Crippen LogP contribution < -0.4 is 5.73 Å². The van der Waals surface area contributed by atoms with Crippen LogP contribution in [-0.2, 0) is 16.6 Å². The van der Waals surface area contributed by atoms with Crippen molar-refractivity contribution >= 4 is 10.0 Å². The van der Waals surface area contributed by atoms with Crippen LogP contribution in [0.2, 0.25) is 0 Å². The predicted molar refractivity (Wildman–Crippen MR) is 64.3 cm³/mol. The average Bonchev–Trinajstić information content (AvgIpc) is 2.94. The summed E-state index contributed by atoms with van der Waals surface area (Å²) < 4.78 is 63.1. The van der Waals surface area contributed by atoms with Crippen LogP contribution in [0.4, 0.5) is 13.2 Å². The summed E-state index contributed by atoms with van der Waals surface area (Å²) >= 11 is 0. The topological polar surface area (TPSA) is 81.2 Å². The standard InChI is InChI=1S/C10H15F3N4O2S/c11-10(12,13)7-16-6-9(5-15-16)20(18,19)17-3-1-2-8(17)4-14/h5-6,8H,1-4,7,14H2. The van der Waals surface area contributed by atoms with E-state index in [9.17, 15) is 21.6 Å². The molecule has 10 heteroatoms. The van der Waals surface area contributed by atoms with E-state index in [0.717, 1.165) is 12.4 Å². The summed E-state index contributed by atoms with van der Waals surface area (Å²) in [5.41, 5.74) is 5.51. The zero-order valence-corrected chi connectivity index (χ0v) is 11.4. The fourth-order valence-electron chi connectivity index (χ4n) is 2.24. The van der Waals surface area contributed by atoms with Gasteiger partial charge in [-0.15, -0.1) is 0 Å². The Morgan fingerprint density at radius 3 is 2.75 bits per heavy atom. The first kappa shape index (κ1) is 15.3. The number of hydrogen-bond donors (Lipinski definition) is 1. The molecule has 1 aromatic heterocycles. The second kappa shape index (κ2) is 5.34. The second-order valence-electron chi connectivity index (χ2n) is 4.64. The minimum atomic E-state index is -4.44. The lowest BCUT2D eigenvalue weighted by Gasteiger charge is -2.21. The molecule has 1 fully saturated rings. The van der Waals surface area contributed by atoms with Crippen molar-refractivity contribution in [3.8, 4) is 0 Å². The number of halogens is 3. The summed E-state index contributed by atoms with van der Waals surface area (Å²) in [5, 5.41) is 3.45. The van der Waals surface area contributed by atoms with Gasteiger partial charge in [0.1, 0.15) is 11.4 Å². The lowest BCUT2D eigenvalue weighted by molar-refractivity contribution is -0.142. The minimum Gasteiger partial charge on any atom is -0.329 e. The van der Waals surface area contributed by atoms with Gasteiger partial charge >= 0.3 is 6.18 Å². The van der Waals surface area contributed by atoms with Crippen LogP contribution >= 0.6 is 0 Å². The number of rotatable bonds is 4. The van der Waals surface area contributed by atoms with Gasteiger partial charge in [0.15, 0.2) is 0 Å². The third-order valence-corrected chi connectivity index (χ3v) is 5.06.